The minimum absolute atomic E-state index is 0.228. The van der Waals surface area contributed by atoms with Crippen molar-refractivity contribution in [2.75, 3.05) is 0 Å². The monoisotopic (exact) mass is 323 g/mol. The van der Waals surface area contributed by atoms with E-state index in [1.54, 1.807) is 0 Å². The van der Waals surface area contributed by atoms with Gasteiger partial charge in [0.05, 0.1) is 11.5 Å². The first-order valence-electron chi connectivity index (χ1n) is 5.94. The van der Waals surface area contributed by atoms with E-state index in [-0.39, 0.29) is 10.6 Å². The molecule has 2 unspecified atom stereocenters. The first-order chi connectivity index (χ1) is 9.52. The molecule has 0 bridgehead atoms. The zero-order chi connectivity index (χ0) is 16.4. The van der Waals surface area contributed by atoms with E-state index in [0.717, 1.165) is 6.07 Å². The largest absolute Gasteiger partial charge is 0.481 e. The van der Waals surface area contributed by atoms with Gasteiger partial charge in [0.25, 0.3) is 5.91 Å². The lowest BCUT2D eigenvalue weighted by Crippen LogP contribution is -2.40. The molecule has 0 aliphatic carbocycles. The summed E-state index contributed by atoms with van der Waals surface area (Å²) in [7, 11) is 0. The molecule has 21 heavy (non-hydrogen) atoms. The van der Waals surface area contributed by atoms with Crippen molar-refractivity contribution in [3.05, 3.63) is 34.3 Å². The van der Waals surface area contributed by atoms with Gasteiger partial charge in [-0.3, -0.25) is 9.59 Å². The van der Waals surface area contributed by atoms with E-state index in [9.17, 15) is 22.8 Å². The molecule has 0 heterocycles. The molecular weight excluding hydrogens is 311 g/mol. The molecule has 1 aromatic rings. The van der Waals surface area contributed by atoms with Gasteiger partial charge in [-0.2, -0.15) is 13.2 Å². The van der Waals surface area contributed by atoms with Crippen molar-refractivity contribution >= 4 is 23.5 Å². The number of benzene rings is 1. The number of amides is 1. The van der Waals surface area contributed by atoms with Crippen LogP contribution in [0, 0.1) is 5.92 Å². The normalized spacial score (nSPS) is 14.4. The summed E-state index contributed by atoms with van der Waals surface area (Å²) < 4.78 is 37.9. The molecule has 0 saturated heterocycles. The second-order valence-corrected chi connectivity index (χ2v) is 5.05. The summed E-state index contributed by atoms with van der Waals surface area (Å²) in [5, 5.41) is 10.9. The van der Waals surface area contributed by atoms with Gasteiger partial charge in [0.15, 0.2) is 0 Å². The van der Waals surface area contributed by atoms with E-state index in [1.807, 2.05) is 0 Å². The molecule has 0 radical (unpaired) electrons. The SMILES string of the molecule is CC(NC(=O)c1cc(Cl)cc(C(F)(F)F)c1)C(C)C(=O)O. The van der Waals surface area contributed by atoms with E-state index in [2.05, 4.69) is 5.32 Å². The van der Waals surface area contributed by atoms with Crippen LogP contribution in [-0.4, -0.2) is 23.0 Å². The van der Waals surface area contributed by atoms with E-state index in [0.29, 0.717) is 12.1 Å². The number of rotatable bonds is 4. The zero-order valence-electron chi connectivity index (χ0n) is 11.2. The number of alkyl halides is 3. The number of carbonyl (C=O) groups excluding carboxylic acids is 1. The first-order valence-corrected chi connectivity index (χ1v) is 6.31. The molecule has 1 amide bonds. The Bertz CT molecular complexity index is 560. The van der Waals surface area contributed by atoms with Crippen molar-refractivity contribution in [3.63, 3.8) is 0 Å². The maximum absolute atomic E-state index is 12.6. The molecular formula is C13H13ClF3NO3. The highest BCUT2D eigenvalue weighted by atomic mass is 35.5. The summed E-state index contributed by atoms with van der Waals surface area (Å²) in [6, 6.07) is 1.72. The smallest absolute Gasteiger partial charge is 0.416 e. The Balaban J connectivity index is 2.98. The lowest BCUT2D eigenvalue weighted by Gasteiger charge is -2.18. The van der Waals surface area contributed by atoms with Crippen LogP contribution in [0.2, 0.25) is 5.02 Å². The number of carboxylic acids is 1. The minimum Gasteiger partial charge on any atom is -0.481 e. The molecule has 0 aromatic heterocycles. The number of hydrogen-bond donors (Lipinski definition) is 2. The Labute approximate surface area is 123 Å². The second kappa shape index (κ2) is 6.34. The predicted octanol–water partition coefficient (Wildman–Crippen LogP) is 3.20. The highest BCUT2D eigenvalue weighted by Crippen LogP contribution is 2.31. The van der Waals surface area contributed by atoms with Crippen molar-refractivity contribution in [2.24, 2.45) is 5.92 Å². The van der Waals surface area contributed by atoms with Crippen LogP contribution in [0.4, 0.5) is 13.2 Å². The number of nitrogens with one attached hydrogen (secondary N) is 1. The van der Waals surface area contributed by atoms with Crippen molar-refractivity contribution in [2.45, 2.75) is 26.1 Å². The molecule has 2 atom stereocenters. The summed E-state index contributed by atoms with van der Waals surface area (Å²) in [5.74, 6) is -2.82. The lowest BCUT2D eigenvalue weighted by atomic mass is 10.0. The fourth-order valence-electron chi connectivity index (χ4n) is 1.51. The van der Waals surface area contributed by atoms with Crippen molar-refractivity contribution < 1.29 is 27.9 Å². The van der Waals surface area contributed by atoms with Crippen LogP contribution in [0.1, 0.15) is 29.8 Å². The highest BCUT2D eigenvalue weighted by Gasteiger charge is 2.32. The van der Waals surface area contributed by atoms with Crippen LogP contribution in [0.15, 0.2) is 18.2 Å². The second-order valence-electron chi connectivity index (χ2n) is 4.62. The van der Waals surface area contributed by atoms with Gasteiger partial charge < -0.3 is 10.4 Å². The van der Waals surface area contributed by atoms with Crippen LogP contribution in [0.5, 0.6) is 0 Å². The standard InChI is InChI=1S/C13H13ClF3NO3/c1-6(12(20)21)7(2)18-11(19)8-3-9(13(15,16)17)5-10(14)4-8/h3-7H,1-2H3,(H,18,19)(H,20,21). The number of hydrogen-bond acceptors (Lipinski definition) is 2. The molecule has 8 heteroatoms. The molecule has 2 N–H and O–H groups in total. The zero-order valence-corrected chi connectivity index (χ0v) is 11.9. The molecule has 116 valence electrons. The van der Waals surface area contributed by atoms with Gasteiger partial charge in [0, 0.05) is 16.6 Å². The number of carbonyl (C=O) groups is 2. The van der Waals surface area contributed by atoms with Crippen LogP contribution in [-0.2, 0) is 11.0 Å². The fraction of sp³-hybridized carbons (Fsp3) is 0.385. The topological polar surface area (TPSA) is 66.4 Å². The van der Waals surface area contributed by atoms with Crippen molar-refractivity contribution in [3.8, 4) is 0 Å². The molecule has 0 fully saturated rings. The Kier molecular flexibility index (Phi) is 5.22. The maximum atomic E-state index is 12.6. The van der Waals surface area contributed by atoms with Crippen LogP contribution in [0.3, 0.4) is 0 Å². The molecule has 0 saturated carbocycles. The summed E-state index contributed by atoms with van der Waals surface area (Å²) in [5.41, 5.74) is -1.32. The molecule has 0 aliphatic heterocycles. The fourth-order valence-corrected chi connectivity index (χ4v) is 1.75. The van der Waals surface area contributed by atoms with Gasteiger partial charge in [-0.25, -0.2) is 0 Å². The van der Waals surface area contributed by atoms with E-state index in [1.165, 1.54) is 13.8 Å². The first kappa shape index (κ1) is 17.3. The Morgan fingerprint density at radius 2 is 1.81 bits per heavy atom. The molecule has 0 aliphatic rings. The number of carboxylic acid groups (broad SMARTS) is 1. The van der Waals surface area contributed by atoms with Gasteiger partial charge in [0.2, 0.25) is 0 Å². The van der Waals surface area contributed by atoms with Crippen molar-refractivity contribution in [1.82, 2.24) is 5.32 Å². The number of halogens is 4. The third-order valence-corrected chi connectivity index (χ3v) is 3.20. The average Bonchev–Trinajstić information content (AvgIpc) is 2.35. The molecule has 0 spiro atoms. The maximum Gasteiger partial charge on any atom is 0.416 e. The summed E-state index contributed by atoms with van der Waals surface area (Å²) in [4.78, 5) is 22.7. The van der Waals surface area contributed by atoms with Gasteiger partial charge in [-0.15, -0.1) is 0 Å². The summed E-state index contributed by atoms with van der Waals surface area (Å²) >= 11 is 5.58. The van der Waals surface area contributed by atoms with Gasteiger partial charge >= 0.3 is 12.1 Å². The summed E-state index contributed by atoms with van der Waals surface area (Å²) in [6.07, 6.45) is -4.63. The minimum atomic E-state index is -4.63. The molecule has 1 aromatic carbocycles. The van der Waals surface area contributed by atoms with E-state index < -0.39 is 35.6 Å². The van der Waals surface area contributed by atoms with Gasteiger partial charge in [-0.1, -0.05) is 11.6 Å². The van der Waals surface area contributed by atoms with Crippen LogP contribution in [0.25, 0.3) is 0 Å². The Morgan fingerprint density at radius 1 is 1.24 bits per heavy atom. The van der Waals surface area contributed by atoms with Gasteiger partial charge in [0.1, 0.15) is 0 Å². The van der Waals surface area contributed by atoms with Crippen molar-refractivity contribution in [1.29, 1.82) is 0 Å². The Hall–Kier alpha value is -1.76. The summed E-state index contributed by atoms with van der Waals surface area (Å²) in [6.45, 7) is 2.83. The molecule has 4 nitrogen and oxygen atoms in total. The number of aliphatic carboxylic acids is 1. The molecule has 1 rings (SSSR count). The third-order valence-electron chi connectivity index (χ3n) is 2.99. The predicted molar refractivity (Wildman–Crippen MR) is 70.2 cm³/mol. The highest BCUT2D eigenvalue weighted by molar-refractivity contribution is 6.31. The van der Waals surface area contributed by atoms with Crippen LogP contribution < -0.4 is 5.32 Å². The van der Waals surface area contributed by atoms with E-state index in [4.69, 9.17) is 16.7 Å². The lowest BCUT2D eigenvalue weighted by molar-refractivity contribution is -0.141. The van der Waals surface area contributed by atoms with E-state index >= 15 is 0 Å². The van der Waals surface area contributed by atoms with Crippen LogP contribution >= 0.6 is 11.6 Å². The quantitative estimate of drug-likeness (QED) is 0.894. The van der Waals surface area contributed by atoms with Gasteiger partial charge in [-0.05, 0) is 32.0 Å². The third kappa shape index (κ3) is 4.63. The Morgan fingerprint density at radius 3 is 2.29 bits per heavy atom. The average molecular weight is 324 g/mol.